The van der Waals surface area contributed by atoms with Gasteiger partial charge >= 0.3 is 0 Å². The van der Waals surface area contributed by atoms with Crippen molar-refractivity contribution in [2.75, 3.05) is 0 Å². The largest absolute Gasteiger partial charge is 0.347 e. The minimum atomic E-state index is -0.141. The van der Waals surface area contributed by atoms with E-state index in [2.05, 4.69) is 10.3 Å². The Morgan fingerprint density at radius 1 is 1.44 bits per heavy atom. The fourth-order valence-electron chi connectivity index (χ4n) is 1.19. The first-order valence-corrected chi connectivity index (χ1v) is 5.93. The molecule has 3 nitrogen and oxygen atoms in total. The molecule has 1 amide bonds. The van der Waals surface area contributed by atoms with Crippen molar-refractivity contribution in [1.29, 1.82) is 0 Å². The third kappa shape index (κ3) is 2.81. The molecule has 82 valence electrons. The van der Waals surface area contributed by atoms with Crippen LogP contribution in [0.1, 0.15) is 15.2 Å². The van der Waals surface area contributed by atoms with E-state index in [0.717, 1.165) is 4.88 Å². The van der Waals surface area contributed by atoms with Crippen molar-refractivity contribution in [1.82, 2.24) is 10.3 Å². The average molecular weight is 253 g/mol. The summed E-state index contributed by atoms with van der Waals surface area (Å²) in [4.78, 5) is 16.6. The monoisotopic (exact) mass is 252 g/mol. The van der Waals surface area contributed by atoms with E-state index in [0.29, 0.717) is 17.3 Å². The van der Waals surface area contributed by atoms with E-state index < -0.39 is 0 Å². The van der Waals surface area contributed by atoms with Crippen LogP contribution in [-0.2, 0) is 6.54 Å². The van der Waals surface area contributed by atoms with Crippen LogP contribution in [0.5, 0.6) is 0 Å². The molecule has 0 saturated carbocycles. The third-order valence-corrected chi connectivity index (χ3v) is 3.09. The second kappa shape index (κ2) is 5.09. The first kappa shape index (κ1) is 11.1. The van der Waals surface area contributed by atoms with Crippen molar-refractivity contribution in [2.45, 2.75) is 6.54 Å². The summed E-state index contributed by atoms with van der Waals surface area (Å²) < 4.78 is 0. The number of aromatic nitrogens is 1. The quantitative estimate of drug-likeness (QED) is 0.854. The van der Waals surface area contributed by atoms with E-state index in [1.54, 1.807) is 23.5 Å². The maximum Gasteiger partial charge on any atom is 0.253 e. The third-order valence-electron chi connectivity index (χ3n) is 1.99. The minimum Gasteiger partial charge on any atom is -0.347 e. The zero-order chi connectivity index (χ0) is 11.4. The molecule has 0 spiro atoms. The van der Waals surface area contributed by atoms with Gasteiger partial charge in [0.05, 0.1) is 12.1 Å². The predicted molar refractivity (Wildman–Crippen MR) is 64.7 cm³/mol. The van der Waals surface area contributed by atoms with Crippen LogP contribution in [0.2, 0.25) is 5.15 Å². The van der Waals surface area contributed by atoms with E-state index >= 15 is 0 Å². The highest BCUT2D eigenvalue weighted by Gasteiger charge is 2.05. The van der Waals surface area contributed by atoms with Gasteiger partial charge in [-0.05, 0) is 23.6 Å². The maximum atomic E-state index is 11.7. The highest BCUT2D eigenvalue weighted by atomic mass is 35.5. The number of carbonyl (C=O) groups excluding carboxylic acids is 1. The van der Waals surface area contributed by atoms with Gasteiger partial charge in [0.15, 0.2) is 0 Å². The van der Waals surface area contributed by atoms with Crippen molar-refractivity contribution < 1.29 is 4.79 Å². The van der Waals surface area contributed by atoms with Crippen LogP contribution in [0.3, 0.4) is 0 Å². The molecule has 5 heteroatoms. The summed E-state index contributed by atoms with van der Waals surface area (Å²) >= 11 is 7.24. The minimum absolute atomic E-state index is 0.141. The van der Waals surface area contributed by atoms with E-state index in [9.17, 15) is 4.79 Å². The number of hydrogen-bond acceptors (Lipinski definition) is 3. The lowest BCUT2D eigenvalue weighted by Gasteiger charge is -2.02. The lowest BCUT2D eigenvalue weighted by molar-refractivity contribution is 0.0951. The van der Waals surface area contributed by atoms with E-state index in [1.807, 2.05) is 17.5 Å². The second-order valence-electron chi connectivity index (χ2n) is 3.13. The zero-order valence-electron chi connectivity index (χ0n) is 8.31. The van der Waals surface area contributed by atoms with E-state index in [4.69, 9.17) is 11.6 Å². The molecule has 1 N–H and O–H groups in total. The molecule has 0 aliphatic carbocycles. The Kier molecular flexibility index (Phi) is 3.54. The molecule has 2 aromatic rings. The number of nitrogens with one attached hydrogen (secondary N) is 1. The van der Waals surface area contributed by atoms with Crippen LogP contribution >= 0.6 is 22.9 Å². The van der Waals surface area contributed by atoms with Gasteiger partial charge in [0.2, 0.25) is 0 Å². The Bertz CT molecular complexity index is 467. The first-order valence-electron chi connectivity index (χ1n) is 4.68. The number of hydrogen-bond donors (Lipinski definition) is 1. The highest BCUT2D eigenvalue weighted by molar-refractivity contribution is 7.09. The van der Waals surface area contributed by atoms with Crippen molar-refractivity contribution >= 4 is 28.8 Å². The van der Waals surface area contributed by atoms with Gasteiger partial charge < -0.3 is 5.32 Å². The number of amides is 1. The van der Waals surface area contributed by atoms with Crippen molar-refractivity contribution in [3.05, 3.63) is 51.4 Å². The molecular weight excluding hydrogens is 244 g/mol. The summed E-state index contributed by atoms with van der Waals surface area (Å²) in [6, 6.07) is 7.18. The average Bonchev–Trinajstić information content (AvgIpc) is 2.80. The van der Waals surface area contributed by atoms with Crippen LogP contribution in [-0.4, -0.2) is 10.9 Å². The normalized spacial score (nSPS) is 10.1. The van der Waals surface area contributed by atoms with Gasteiger partial charge in [0.1, 0.15) is 5.15 Å². The second-order valence-corrected chi connectivity index (χ2v) is 4.55. The molecule has 2 heterocycles. The van der Waals surface area contributed by atoms with Crippen LogP contribution in [0.15, 0.2) is 35.8 Å². The van der Waals surface area contributed by atoms with Crippen LogP contribution in [0.25, 0.3) is 0 Å². The van der Waals surface area contributed by atoms with Gasteiger partial charge in [0.25, 0.3) is 5.91 Å². The van der Waals surface area contributed by atoms with Crippen molar-refractivity contribution in [3.8, 4) is 0 Å². The molecular formula is C11H9ClN2OS. The Morgan fingerprint density at radius 3 is 2.94 bits per heavy atom. The number of nitrogens with zero attached hydrogens (tertiary/aromatic N) is 1. The van der Waals surface area contributed by atoms with Crippen LogP contribution in [0.4, 0.5) is 0 Å². The van der Waals surface area contributed by atoms with Gasteiger partial charge in [-0.15, -0.1) is 11.3 Å². The first-order chi connectivity index (χ1) is 7.75. The highest BCUT2D eigenvalue weighted by Crippen LogP contribution is 2.09. The molecule has 2 rings (SSSR count). The fraction of sp³-hybridized carbons (Fsp3) is 0.0909. The smallest absolute Gasteiger partial charge is 0.253 e. The van der Waals surface area contributed by atoms with Gasteiger partial charge in [0, 0.05) is 11.1 Å². The molecule has 0 fully saturated rings. The molecule has 2 aromatic heterocycles. The fourth-order valence-corrected chi connectivity index (χ4v) is 1.95. The van der Waals surface area contributed by atoms with Gasteiger partial charge in [-0.25, -0.2) is 4.98 Å². The number of halogens is 1. The van der Waals surface area contributed by atoms with Crippen LogP contribution in [0, 0.1) is 0 Å². The topological polar surface area (TPSA) is 42.0 Å². The molecule has 0 aliphatic rings. The standard InChI is InChI=1S/C11H9ClN2OS/c12-10-4-3-8(6-13-10)11(15)14-7-9-2-1-5-16-9/h1-6H,7H2,(H,14,15). The summed E-state index contributed by atoms with van der Waals surface area (Å²) in [6.07, 6.45) is 1.46. The zero-order valence-corrected chi connectivity index (χ0v) is 9.89. The Balaban J connectivity index is 1.95. The number of carbonyl (C=O) groups is 1. The van der Waals surface area contributed by atoms with Gasteiger partial charge in [-0.2, -0.15) is 0 Å². The lowest BCUT2D eigenvalue weighted by atomic mass is 10.2. The Hall–Kier alpha value is -1.39. The predicted octanol–water partition coefficient (Wildman–Crippen LogP) is 2.73. The summed E-state index contributed by atoms with van der Waals surface area (Å²) in [7, 11) is 0. The van der Waals surface area contributed by atoms with Gasteiger partial charge in [-0.1, -0.05) is 17.7 Å². The molecule has 0 saturated heterocycles. The number of thiophene rings is 1. The van der Waals surface area contributed by atoms with E-state index in [-0.39, 0.29) is 5.91 Å². The molecule has 0 unspecified atom stereocenters. The Morgan fingerprint density at radius 2 is 2.31 bits per heavy atom. The number of pyridine rings is 1. The molecule has 0 aromatic carbocycles. The van der Waals surface area contributed by atoms with Crippen molar-refractivity contribution in [2.24, 2.45) is 0 Å². The summed E-state index contributed by atoms with van der Waals surface area (Å²) in [6.45, 7) is 0.541. The van der Waals surface area contributed by atoms with E-state index in [1.165, 1.54) is 6.20 Å². The maximum absolute atomic E-state index is 11.7. The summed E-state index contributed by atoms with van der Waals surface area (Å²) in [5, 5.41) is 5.17. The Labute approximate surface area is 102 Å². The molecule has 0 radical (unpaired) electrons. The van der Waals surface area contributed by atoms with Crippen LogP contribution < -0.4 is 5.32 Å². The lowest BCUT2D eigenvalue weighted by Crippen LogP contribution is -2.22. The number of rotatable bonds is 3. The van der Waals surface area contributed by atoms with Gasteiger partial charge in [-0.3, -0.25) is 4.79 Å². The molecule has 0 aliphatic heterocycles. The SMILES string of the molecule is O=C(NCc1cccs1)c1ccc(Cl)nc1. The summed E-state index contributed by atoms with van der Waals surface area (Å²) in [5.74, 6) is -0.141. The molecule has 0 bridgehead atoms. The molecule has 0 atom stereocenters. The van der Waals surface area contributed by atoms with Crippen molar-refractivity contribution in [3.63, 3.8) is 0 Å². The summed E-state index contributed by atoms with van der Waals surface area (Å²) in [5.41, 5.74) is 0.515. The molecule has 16 heavy (non-hydrogen) atoms.